The second-order valence-corrected chi connectivity index (χ2v) is 7.06. The van der Waals surface area contributed by atoms with Crippen molar-refractivity contribution in [3.8, 4) is 0 Å². The molecule has 0 aliphatic carbocycles. The summed E-state index contributed by atoms with van der Waals surface area (Å²) in [4.78, 5) is 12.5. The molecule has 3 N–H and O–H groups in total. The van der Waals surface area contributed by atoms with E-state index < -0.39 is 0 Å². The fourth-order valence-corrected chi connectivity index (χ4v) is 3.20. The molecule has 112 valence electrons. The van der Waals surface area contributed by atoms with Crippen molar-refractivity contribution in [2.75, 3.05) is 26.0 Å². The molecule has 3 unspecified atom stereocenters. The molecule has 0 aromatic carbocycles. The van der Waals surface area contributed by atoms with Crippen LogP contribution in [0.15, 0.2) is 0 Å². The summed E-state index contributed by atoms with van der Waals surface area (Å²) < 4.78 is 0. The van der Waals surface area contributed by atoms with Crippen molar-refractivity contribution < 1.29 is 9.90 Å². The Morgan fingerprint density at radius 3 is 2.74 bits per heavy atom. The molecule has 0 aromatic heterocycles. The summed E-state index contributed by atoms with van der Waals surface area (Å²) in [5, 5.41) is 15.8. The van der Waals surface area contributed by atoms with Gasteiger partial charge in [-0.05, 0) is 45.0 Å². The van der Waals surface area contributed by atoms with Crippen LogP contribution in [0.4, 0.5) is 0 Å². The minimum Gasteiger partial charge on any atom is -0.395 e. The lowest BCUT2D eigenvalue weighted by Crippen LogP contribution is -2.51. The summed E-state index contributed by atoms with van der Waals surface area (Å²) in [6, 6.07) is -0.0108. The molecule has 0 aromatic rings. The highest BCUT2D eigenvalue weighted by Crippen LogP contribution is 2.32. The summed E-state index contributed by atoms with van der Waals surface area (Å²) >= 11 is 1.59. The van der Waals surface area contributed by atoms with Crippen molar-refractivity contribution in [2.45, 2.75) is 44.9 Å². The van der Waals surface area contributed by atoms with Crippen LogP contribution in [0.25, 0.3) is 0 Å². The highest BCUT2D eigenvalue weighted by Gasteiger charge is 2.38. The molecule has 4 nitrogen and oxygen atoms in total. The van der Waals surface area contributed by atoms with E-state index in [1.807, 2.05) is 27.0 Å². The first kappa shape index (κ1) is 16.8. The molecule has 5 heteroatoms. The molecule has 1 saturated heterocycles. The minimum absolute atomic E-state index is 0.0108. The maximum Gasteiger partial charge on any atom is 0.226 e. The second kappa shape index (κ2) is 7.50. The molecule has 3 atom stereocenters. The predicted octanol–water partition coefficient (Wildman–Crippen LogP) is 1.24. The molecule has 1 fully saturated rings. The van der Waals surface area contributed by atoms with Gasteiger partial charge < -0.3 is 15.7 Å². The van der Waals surface area contributed by atoms with Gasteiger partial charge in [0.15, 0.2) is 0 Å². The molecule has 1 heterocycles. The highest BCUT2D eigenvalue weighted by molar-refractivity contribution is 7.99. The maximum atomic E-state index is 12.5. The van der Waals surface area contributed by atoms with Crippen LogP contribution in [0.2, 0.25) is 0 Å². The lowest BCUT2D eigenvalue weighted by atomic mass is 9.74. The average Bonchev–Trinajstić information content (AvgIpc) is 2.41. The van der Waals surface area contributed by atoms with Gasteiger partial charge >= 0.3 is 0 Å². The van der Waals surface area contributed by atoms with E-state index >= 15 is 0 Å². The van der Waals surface area contributed by atoms with E-state index in [0.717, 1.165) is 25.9 Å². The molecule has 0 spiro atoms. The fourth-order valence-electron chi connectivity index (χ4n) is 2.58. The topological polar surface area (TPSA) is 61.4 Å². The Labute approximate surface area is 121 Å². The summed E-state index contributed by atoms with van der Waals surface area (Å²) in [6.45, 7) is 8.09. The van der Waals surface area contributed by atoms with Crippen molar-refractivity contribution in [3.63, 3.8) is 0 Å². The molecule has 0 bridgehead atoms. The van der Waals surface area contributed by atoms with Crippen LogP contribution in [-0.4, -0.2) is 48.3 Å². The van der Waals surface area contributed by atoms with E-state index in [1.54, 1.807) is 11.8 Å². The Hall–Kier alpha value is -0.260. The van der Waals surface area contributed by atoms with Crippen LogP contribution in [0, 0.1) is 11.3 Å². The summed E-state index contributed by atoms with van der Waals surface area (Å²) in [5.74, 6) is 0.483. The van der Waals surface area contributed by atoms with Gasteiger partial charge in [-0.2, -0.15) is 11.8 Å². The molecule has 1 aliphatic rings. The number of rotatable bonds is 6. The molecular weight excluding hydrogens is 260 g/mol. The van der Waals surface area contributed by atoms with E-state index in [-0.39, 0.29) is 29.2 Å². The number of amides is 1. The second-order valence-electron chi connectivity index (χ2n) is 5.98. The molecule has 19 heavy (non-hydrogen) atoms. The Bertz CT molecular complexity index is 287. The van der Waals surface area contributed by atoms with Gasteiger partial charge in [0.2, 0.25) is 5.91 Å². The third kappa shape index (κ3) is 4.36. The molecule has 0 radical (unpaired) electrons. The van der Waals surface area contributed by atoms with Gasteiger partial charge in [0.25, 0.3) is 0 Å². The Morgan fingerprint density at radius 2 is 2.26 bits per heavy atom. The summed E-state index contributed by atoms with van der Waals surface area (Å²) in [7, 11) is 0. The Balaban J connectivity index is 2.59. The van der Waals surface area contributed by atoms with E-state index in [0.29, 0.717) is 5.92 Å². The van der Waals surface area contributed by atoms with Gasteiger partial charge in [0.05, 0.1) is 6.61 Å². The molecule has 1 aliphatic heterocycles. The third-order valence-electron chi connectivity index (χ3n) is 4.30. The normalized spacial score (nSPS) is 23.7. The van der Waals surface area contributed by atoms with Gasteiger partial charge in [0.1, 0.15) is 0 Å². The summed E-state index contributed by atoms with van der Waals surface area (Å²) in [6.07, 6.45) is 4.20. The summed E-state index contributed by atoms with van der Waals surface area (Å²) in [5.41, 5.74) is -0.361. The number of carbonyl (C=O) groups excluding carboxylic acids is 1. The van der Waals surface area contributed by atoms with E-state index in [4.69, 9.17) is 0 Å². The van der Waals surface area contributed by atoms with E-state index in [9.17, 15) is 9.90 Å². The molecular formula is C14H28N2O2S. The first-order valence-corrected chi connectivity index (χ1v) is 8.37. The minimum atomic E-state index is -0.361. The number of nitrogens with one attached hydrogen (secondary N) is 2. The maximum absolute atomic E-state index is 12.5. The average molecular weight is 288 g/mol. The van der Waals surface area contributed by atoms with Crippen LogP contribution in [0.5, 0.6) is 0 Å². The van der Waals surface area contributed by atoms with Crippen LogP contribution in [0.1, 0.15) is 33.6 Å². The molecule has 0 saturated carbocycles. The highest BCUT2D eigenvalue weighted by atomic mass is 32.2. The van der Waals surface area contributed by atoms with E-state index in [2.05, 4.69) is 10.6 Å². The quantitative estimate of drug-likeness (QED) is 0.688. The zero-order valence-electron chi connectivity index (χ0n) is 12.5. The number of aliphatic hydroxyl groups excluding tert-OH is 1. The zero-order valence-corrected chi connectivity index (χ0v) is 13.3. The van der Waals surface area contributed by atoms with Crippen molar-refractivity contribution in [1.82, 2.24) is 10.6 Å². The number of aliphatic hydroxyl groups is 1. The van der Waals surface area contributed by atoms with Crippen molar-refractivity contribution >= 4 is 17.7 Å². The van der Waals surface area contributed by atoms with Crippen LogP contribution in [-0.2, 0) is 4.79 Å². The van der Waals surface area contributed by atoms with Gasteiger partial charge in [-0.25, -0.2) is 0 Å². The lowest BCUT2D eigenvalue weighted by Gasteiger charge is -2.37. The molecule has 1 amide bonds. The van der Waals surface area contributed by atoms with Crippen LogP contribution < -0.4 is 10.6 Å². The van der Waals surface area contributed by atoms with Crippen molar-refractivity contribution in [3.05, 3.63) is 0 Å². The largest absolute Gasteiger partial charge is 0.395 e. The van der Waals surface area contributed by atoms with Gasteiger partial charge in [-0.15, -0.1) is 0 Å². The third-order valence-corrected chi connectivity index (χ3v) is 5.46. The Kier molecular flexibility index (Phi) is 6.63. The number of piperidine rings is 1. The van der Waals surface area contributed by atoms with Crippen LogP contribution in [0.3, 0.4) is 0 Å². The monoisotopic (exact) mass is 288 g/mol. The number of hydrogen-bond acceptors (Lipinski definition) is 4. The number of carbonyl (C=O) groups is 1. The number of thioether (sulfide) groups is 1. The lowest BCUT2D eigenvalue weighted by molar-refractivity contribution is -0.133. The van der Waals surface area contributed by atoms with Gasteiger partial charge in [-0.3, -0.25) is 4.79 Å². The molecule has 1 rings (SSSR count). The number of hydrogen-bond donors (Lipinski definition) is 3. The van der Waals surface area contributed by atoms with Crippen LogP contribution >= 0.6 is 11.8 Å². The van der Waals surface area contributed by atoms with Gasteiger partial charge in [0, 0.05) is 16.7 Å². The standard InChI is InChI=1S/C14H28N2O2S/c1-10(12(9-17)19-4)16-13(18)14(2,3)11-6-5-7-15-8-11/h10-12,15,17H,5-9H2,1-4H3,(H,16,18). The zero-order chi connectivity index (χ0) is 14.5. The first-order valence-electron chi connectivity index (χ1n) is 7.08. The first-order chi connectivity index (χ1) is 8.93. The van der Waals surface area contributed by atoms with E-state index in [1.165, 1.54) is 0 Å². The fraction of sp³-hybridized carbons (Fsp3) is 0.929. The van der Waals surface area contributed by atoms with Crippen molar-refractivity contribution in [2.24, 2.45) is 11.3 Å². The predicted molar refractivity (Wildman–Crippen MR) is 81.4 cm³/mol. The van der Waals surface area contributed by atoms with Crippen molar-refractivity contribution in [1.29, 1.82) is 0 Å². The SMILES string of the molecule is CSC(CO)C(C)NC(=O)C(C)(C)C1CCCNC1. The Morgan fingerprint density at radius 1 is 1.58 bits per heavy atom. The smallest absolute Gasteiger partial charge is 0.226 e. The van der Waals surface area contributed by atoms with Gasteiger partial charge in [-0.1, -0.05) is 13.8 Å².